The highest BCUT2D eigenvalue weighted by molar-refractivity contribution is 7.20. The maximum Gasteiger partial charge on any atom is 0.348 e. The molecule has 4 atom stereocenters. The number of rotatable bonds is 6. The fourth-order valence-electron chi connectivity index (χ4n) is 6.89. The minimum Gasteiger partial charge on any atom is -0.465 e. The number of nitrogens with zero attached hydrogens (tertiary/aromatic N) is 1. The highest BCUT2D eigenvalue weighted by Gasteiger charge is 2.65. The number of halogens is 3. The van der Waals surface area contributed by atoms with Crippen LogP contribution < -0.4 is 10.6 Å². The lowest BCUT2D eigenvalue weighted by molar-refractivity contribution is -0.467. The highest BCUT2D eigenvalue weighted by Crippen LogP contribution is 2.57. The fourth-order valence-corrected chi connectivity index (χ4v) is 8.20. The highest BCUT2D eigenvalue weighted by atomic mass is 35.5. The first-order valence-corrected chi connectivity index (χ1v) is 15.8. The molecule has 1 fully saturated rings. The molecule has 1 aromatic heterocycles. The smallest absolute Gasteiger partial charge is 0.348 e. The molecule has 2 aliphatic rings. The van der Waals surface area contributed by atoms with Gasteiger partial charge in [-0.1, -0.05) is 62.2 Å². The van der Waals surface area contributed by atoms with Crippen molar-refractivity contribution in [1.82, 2.24) is 5.32 Å². The van der Waals surface area contributed by atoms with Gasteiger partial charge in [0, 0.05) is 54.6 Å². The lowest BCUT2D eigenvalue weighted by Gasteiger charge is -2.37. The summed E-state index contributed by atoms with van der Waals surface area (Å²) in [6.45, 7) is 6.16. The number of hydrogen-bond acceptors (Lipinski definition) is 6. The summed E-state index contributed by atoms with van der Waals surface area (Å²) in [7, 11) is 1.32. The first-order valence-electron chi connectivity index (χ1n) is 14.2. The lowest BCUT2D eigenvalue weighted by Crippen LogP contribution is -2.49. The standard InChI is InChI=1S/C33H30Cl2FN3O4S/c1-32(2,3)15-27-33(21-10-8-18(34)14-23(21)38-31(33)41)28(20-6-5-7-22(35)29(20)36)24(37-27)16-39(42)19-9-11-25-17(12-19)13-26(44-25)30(40)43-4/h5-14,24,27-28,37H,15-16H2,1-4H3/p+1. The Bertz CT molecular complexity index is 1840. The van der Waals surface area contributed by atoms with Crippen LogP contribution in [-0.2, 0) is 14.9 Å². The van der Waals surface area contributed by atoms with E-state index in [2.05, 4.69) is 31.4 Å². The van der Waals surface area contributed by atoms with Gasteiger partial charge < -0.3 is 15.4 Å². The van der Waals surface area contributed by atoms with Crippen LogP contribution in [0.25, 0.3) is 10.1 Å². The number of thiophene rings is 1. The number of hydrogen-bond donors (Lipinski definition) is 2. The Hall–Kier alpha value is -3.37. The first kappa shape index (κ1) is 30.6. The van der Waals surface area contributed by atoms with E-state index in [4.69, 9.17) is 27.9 Å². The molecule has 1 spiro atoms. The molecule has 0 bridgehead atoms. The lowest BCUT2D eigenvalue weighted by atomic mass is 9.62. The molecule has 6 rings (SSSR count). The van der Waals surface area contributed by atoms with E-state index in [1.165, 1.54) is 24.5 Å². The van der Waals surface area contributed by atoms with Gasteiger partial charge in [-0.05, 0) is 53.3 Å². The van der Waals surface area contributed by atoms with Gasteiger partial charge in [-0.15, -0.1) is 11.3 Å². The van der Waals surface area contributed by atoms with Crippen LogP contribution in [0.1, 0.15) is 53.9 Å². The number of anilines is 1. The number of amides is 1. The number of nitroso groups, excluding NO2 is 1. The number of methoxy groups -OCH3 is 1. The van der Waals surface area contributed by atoms with Gasteiger partial charge >= 0.3 is 5.97 Å². The van der Waals surface area contributed by atoms with Crippen molar-refractivity contribution in [3.05, 3.63) is 97.4 Å². The van der Waals surface area contributed by atoms with Crippen LogP contribution >= 0.6 is 34.5 Å². The zero-order valence-electron chi connectivity index (χ0n) is 24.5. The second kappa shape index (κ2) is 11.2. The molecular formula is C33H31Cl2FN3O4S+. The van der Waals surface area contributed by atoms with E-state index in [1.54, 1.807) is 48.5 Å². The summed E-state index contributed by atoms with van der Waals surface area (Å²) in [5.41, 5.74) is 0.429. The Morgan fingerprint density at radius 2 is 1.89 bits per heavy atom. The van der Waals surface area contributed by atoms with Gasteiger partial charge in [0.2, 0.25) is 12.5 Å². The van der Waals surface area contributed by atoms with Crippen LogP contribution in [0, 0.1) is 16.1 Å². The second-order valence-electron chi connectivity index (χ2n) is 12.6. The summed E-state index contributed by atoms with van der Waals surface area (Å²) in [5.74, 6) is -2.14. The first-order chi connectivity index (χ1) is 20.8. The number of carbonyl (C=O) groups is 2. The molecule has 4 aromatic rings. The minimum absolute atomic E-state index is 0.0614. The number of ether oxygens (including phenoxy) is 1. The van der Waals surface area contributed by atoms with Gasteiger partial charge in [0.15, 0.2) is 0 Å². The van der Waals surface area contributed by atoms with Crippen LogP contribution in [0.4, 0.5) is 15.8 Å². The summed E-state index contributed by atoms with van der Waals surface area (Å²) >= 11 is 13.9. The Morgan fingerprint density at radius 1 is 1.11 bits per heavy atom. The van der Waals surface area contributed by atoms with E-state index >= 15 is 4.39 Å². The quantitative estimate of drug-likeness (QED) is 0.162. The van der Waals surface area contributed by atoms with Crippen LogP contribution in [-0.4, -0.2) is 42.4 Å². The van der Waals surface area contributed by atoms with Crippen molar-refractivity contribution in [1.29, 1.82) is 0 Å². The van der Waals surface area contributed by atoms with Crippen molar-refractivity contribution in [3.63, 3.8) is 0 Å². The van der Waals surface area contributed by atoms with E-state index in [9.17, 15) is 14.5 Å². The molecule has 3 aromatic carbocycles. The van der Waals surface area contributed by atoms with E-state index in [-0.39, 0.29) is 28.5 Å². The Morgan fingerprint density at radius 3 is 2.61 bits per heavy atom. The van der Waals surface area contributed by atoms with Crippen molar-refractivity contribution < 1.29 is 23.5 Å². The second-order valence-corrected chi connectivity index (χ2v) is 14.5. The van der Waals surface area contributed by atoms with Crippen LogP contribution in [0.15, 0.2) is 60.7 Å². The van der Waals surface area contributed by atoms with Crippen LogP contribution in [0.3, 0.4) is 0 Å². The van der Waals surface area contributed by atoms with E-state index < -0.39 is 35.2 Å². The number of esters is 1. The van der Waals surface area contributed by atoms with Crippen molar-refractivity contribution in [2.45, 2.75) is 50.6 Å². The van der Waals surface area contributed by atoms with Crippen molar-refractivity contribution in [2.24, 2.45) is 5.41 Å². The summed E-state index contributed by atoms with van der Waals surface area (Å²) in [6, 6.07) is 15.8. The third-order valence-corrected chi connectivity index (χ3v) is 10.2. The third-order valence-electron chi connectivity index (χ3n) is 8.58. The van der Waals surface area contributed by atoms with Gasteiger partial charge in [-0.2, -0.15) is 0 Å². The predicted octanol–water partition coefficient (Wildman–Crippen LogP) is 7.99. The molecule has 3 heterocycles. The average molecular weight is 656 g/mol. The molecule has 0 aliphatic carbocycles. The molecule has 4 unspecified atom stereocenters. The maximum absolute atomic E-state index is 16.0. The van der Waals surface area contributed by atoms with Gasteiger partial charge in [0.25, 0.3) is 5.69 Å². The molecule has 228 valence electrons. The molecule has 2 aliphatic heterocycles. The van der Waals surface area contributed by atoms with Crippen LogP contribution in [0.5, 0.6) is 0 Å². The number of nitrogens with one attached hydrogen (secondary N) is 2. The molecule has 0 radical (unpaired) electrons. The number of carbonyl (C=O) groups excluding carboxylic acids is 2. The summed E-state index contributed by atoms with van der Waals surface area (Å²) in [4.78, 5) is 40.7. The molecular weight excluding hydrogens is 624 g/mol. The van der Waals surface area contributed by atoms with Gasteiger partial charge in [-0.3, -0.25) is 4.79 Å². The molecule has 0 saturated carbocycles. The molecule has 1 saturated heterocycles. The van der Waals surface area contributed by atoms with Gasteiger partial charge in [-0.25, -0.2) is 9.18 Å². The molecule has 1 amide bonds. The van der Waals surface area contributed by atoms with E-state index in [0.29, 0.717) is 33.3 Å². The average Bonchev–Trinajstić information content (AvgIpc) is 3.61. The van der Waals surface area contributed by atoms with Crippen molar-refractivity contribution >= 4 is 67.9 Å². The Labute approximate surface area is 268 Å². The van der Waals surface area contributed by atoms with Gasteiger partial charge in [0.05, 0.1) is 18.2 Å². The van der Waals surface area contributed by atoms with Gasteiger partial charge in [0.1, 0.15) is 16.1 Å². The fraction of sp³-hybridized carbons (Fsp3) is 0.333. The minimum atomic E-state index is -1.25. The molecule has 11 heteroatoms. The monoisotopic (exact) mass is 654 g/mol. The molecule has 44 heavy (non-hydrogen) atoms. The molecule has 2 N–H and O–H groups in total. The topological polar surface area (TPSA) is 87.5 Å². The summed E-state index contributed by atoms with van der Waals surface area (Å²) in [5, 5.41) is 7.77. The number of fused-ring (bicyclic) bond motifs is 3. The third kappa shape index (κ3) is 5.09. The SMILES string of the molecule is COC(=O)c1cc2cc([N+](=O)CC3NC(CC(C)(C)C)C4(C(=O)Nc5cc(Cl)ccc54)C3c3cccc(Cl)c3F)ccc2s1. The summed E-state index contributed by atoms with van der Waals surface area (Å²) in [6.07, 6.45) is 0.563. The zero-order chi connectivity index (χ0) is 31.6. The predicted molar refractivity (Wildman–Crippen MR) is 172 cm³/mol. The normalized spacial score (nSPS) is 22.8. The zero-order valence-corrected chi connectivity index (χ0v) is 26.9. The Balaban J connectivity index is 1.48. The van der Waals surface area contributed by atoms with Crippen LogP contribution in [0.2, 0.25) is 10.0 Å². The molecule has 7 nitrogen and oxygen atoms in total. The van der Waals surface area contributed by atoms with Crippen molar-refractivity contribution in [3.8, 4) is 0 Å². The largest absolute Gasteiger partial charge is 0.465 e. The summed E-state index contributed by atoms with van der Waals surface area (Å²) < 4.78 is 22.5. The maximum atomic E-state index is 16.0. The number of benzene rings is 3. The van der Waals surface area contributed by atoms with E-state index in [1.807, 2.05) is 6.07 Å². The van der Waals surface area contributed by atoms with E-state index in [0.717, 1.165) is 14.8 Å². The Kier molecular flexibility index (Phi) is 7.81. The van der Waals surface area contributed by atoms with Crippen molar-refractivity contribution in [2.75, 3.05) is 19.0 Å².